The van der Waals surface area contributed by atoms with Crippen LogP contribution in [-0.2, 0) is 6.18 Å². The summed E-state index contributed by atoms with van der Waals surface area (Å²) in [6, 6.07) is 5.31. The number of rotatable bonds is 3. The van der Waals surface area contributed by atoms with Crippen LogP contribution in [0.5, 0.6) is 0 Å². The zero-order valence-electron chi connectivity index (χ0n) is 7.84. The van der Waals surface area contributed by atoms with Crippen LogP contribution in [0, 0.1) is 0 Å². The molecule has 0 aliphatic carbocycles. The molecule has 0 amide bonds. The average molecular weight is 277 g/mol. The summed E-state index contributed by atoms with van der Waals surface area (Å²) in [6.07, 6.45) is -2.71. The number of halogens is 3. The first kappa shape index (κ1) is 12.1. The van der Waals surface area contributed by atoms with E-state index in [1.807, 2.05) is 0 Å². The third-order valence-electron chi connectivity index (χ3n) is 1.64. The molecule has 15 heavy (non-hydrogen) atoms. The summed E-state index contributed by atoms with van der Waals surface area (Å²) in [5.74, 6) is 0. The predicted octanol–water partition coefficient (Wildman–Crippen LogP) is 2.73. The van der Waals surface area contributed by atoms with Crippen LogP contribution in [0.1, 0.15) is 5.56 Å². The van der Waals surface area contributed by atoms with E-state index in [4.69, 9.17) is 0 Å². The van der Waals surface area contributed by atoms with Crippen molar-refractivity contribution in [3.8, 4) is 0 Å². The maximum atomic E-state index is 12.4. The third kappa shape index (κ3) is 3.57. The van der Waals surface area contributed by atoms with Crippen LogP contribution in [0.2, 0.25) is 0 Å². The van der Waals surface area contributed by atoms with E-state index >= 15 is 0 Å². The van der Waals surface area contributed by atoms with Gasteiger partial charge in [0.1, 0.15) is 0 Å². The molecule has 1 aromatic rings. The summed E-state index contributed by atoms with van der Waals surface area (Å²) < 4.78 is 38.5. The van der Waals surface area contributed by atoms with E-state index in [9.17, 15) is 13.2 Å². The van der Waals surface area contributed by atoms with Gasteiger partial charge in [-0.05, 0) is 0 Å². The molecule has 0 fully saturated rings. The first-order valence-electron chi connectivity index (χ1n) is 4.10. The summed E-state index contributed by atoms with van der Waals surface area (Å²) in [4.78, 5) is 0. The Morgan fingerprint density at radius 1 is 1.33 bits per heavy atom. The molecule has 1 aromatic carbocycles. The minimum absolute atomic E-state index is 0.178. The summed E-state index contributed by atoms with van der Waals surface area (Å²) in [7, 11) is 0. The Morgan fingerprint density at radius 3 is 2.53 bits per heavy atom. The van der Waals surface area contributed by atoms with Crippen LogP contribution >= 0.6 is 0 Å². The fourth-order valence-corrected chi connectivity index (χ4v) is 2.44. The van der Waals surface area contributed by atoms with Crippen LogP contribution < -0.4 is 4.46 Å². The molecule has 0 spiro atoms. The molecule has 0 saturated carbocycles. The van der Waals surface area contributed by atoms with Gasteiger partial charge < -0.3 is 0 Å². The van der Waals surface area contributed by atoms with Crippen LogP contribution in [-0.4, -0.2) is 15.0 Å². The summed E-state index contributed by atoms with van der Waals surface area (Å²) in [6.45, 7) is 7.21. The molecule has 0 N–H and O–H groups in total. The zero-order valence-corrected chi connectivity index (χ0v) is 9.56. The monoisotopic (exact) mass is 278 g/mol. The number of benzene rings is 1. The van der Waals surface area contributed by atoms with Crippen molar-refractivity contribution in [2.24, 2.45) is 0 Å². The van der Waals surface area contributed by atoms with E-state index < -0.39 is 11.7 Å². The molecule has 0 radical (unpaired) electrons. The summed E-state index contributed by atoms with van der Waals surface area (Å²) in [5, 5.41) is 0. The van der Waals surface area contributed by atoms with Crippen LogP contribution in [0.3, 0.4) is 0 Å². The Bertz CT molecular complexity index is 380. The fourth-order valence-electron chi connectivity index (χ4n) is 0.929. The van der Waals surface area contributed by atoms with E-state index in [0.29, 0.717) is 4.46 Å². The van der Waals surface area contributed by atoms with Gasteiger partial charge in [0.2, 0.25) is 0 Å². The van der Waals surface area contributed by atoms with E-state index in [0.717, 1.165) is 16.6 Å². The average Bonchev–Trinajstić information content (AvgIpc) is 2.17. The van der Waals surface area contributed by atoms with Gasteiger partial charge in [-0.1, -0.05) is 0 Å². The molecule has 0 aliphatic rings. The molecule has 1 rings (SSSR count). The molecule has 0 nitrogen and oxygen atoms in total. The molecule has 0 aliphatic heterocycles. The van der Waals surface area contributed by atoms with E-state index in [-0.39, 0.29) is 15.0 Å². The van der Waals surface area contributed by atoms with Crippen LogP contribution in [0.15, 0.2) is 48.0 Å². The molecule has 80 valence electrons. The minimum atomic E-state index is -4.28. The normalized spacial score (nSPS) is 11.1. The van der Waals surface area contributed by atoms with E-state index in [1.54, 1.807) is 12.1 Å². The van der Waals surface area contributed by atoms with Gasteiger partial charge in [0.15, 0.2) is 0 Å². The number of hydrogen-bond acceptors (Lipinski definition) is 0. The number of allylic oxidation sites excluding steroid dienone is 2. The van der Waals surface area contributed by atoms with Gasteiger partial charge in [-0.3, -0.25) is 0 Å². The molecule has 4 heteroatoms. The second-order valence-corrected chi connectivity index (χ2v) is 5.32. The fraction of sp³-hybridized carbons (Fsp3) is 0.0909. The van der Waals surface area contributed by atoms with Gasteiger partial charge in [-0.15, -0.1) is 0 Å². The van der Waals surface area contributed by atoms with Gasteiger partial charge in [0, 0.05) is 0 Å². The van der Waals surface area contributed by atoms with Gasteiger partial charge in [-0.2, -0.15) is 0 Å². The molecule has 0 unspecified atom stereocenters. The SMILES string of the molecule is C=CC(=C)[Se]c1cccc(C(F)(F)F)c1. The second-order valence-electron chi connectivity index (χ2n) is 2.80. The van der Waals surface area contributed by atoms with E-state index in [2.05, 4.69) is 13.2 Å². The van der Waals surface area contributed by atoms with E-state index in [1.165, 1.54) is 6.07 Å². The molecule has 0 heterocycles. The Hall–Kier alpha value is -0.991. The van der Waals surface area contributed by atoms with Gasteiger partial charge in [0.25, 0.3) is 0 Å². The zero-order chi connectivity index (χ0) is 11.5. The first-order chi connectivity index (χ1) is 6.93. The Labute approximate surface area is 92.7 Å². The van der Waals surface area contributed by atoms with Crippen molar-refractivity contribution in [3.63, 3.8) is 0 Å². The number of hydrogen-bond donors (Lipinski definition) is 0. The summed E-state index contributed by atoms with van der Waals surface area (Å²) in [5.41, 5.74) is -0.612. The third-order valence-corrected chi connectivity index (χ3v) is 3.57. The molecular formula is C11H9F3Se. The molecule has 0 atom stereocenters. The Morgan fingerprint density at radius 2 is 2.00 bits per heavy atom. The van der Waals surface area contributed by atoms with Gasteiger partial charge in [0.05, 0.1) is 0 Å². The number of alkyl halides is 3. The quantitative estimate of drug-likeness (QED) is 0.588. The molecule has 0 saturated heterocycles. The Kier molecular flexibility index (Phi) is 3.77. The first-order valence-corrected chi connectivity index (χ1v) is 5.81. The molecular weight excluding hydrogens is 268 g/mol. The predicted molar refractivity (Wildman–Crippen MR) is 56.2 cm³/mol. The van der Waals surface area contributed by atoms with Crippen molar-refractivity contribution in [1.29, 1.82) is 0 Å². The standard InChI is InChI=1S/C11H9F3Se/c1-3-8(2)15-10-6-4-5-9(7-10)11(12,13)14/h3-7H,1-2H2. The van der Waals surface area contributed by atoms with Crippen molar-refractivity contribution < 1.29 is 13.2 Å². The second kappa shape index (κ2) is 4.69. The van der Waals surface area contributed by atoms with Crippen LogP contribution in [0.25, 0.3) is 0 Å². The summed E-state index contributed by atoms with van der Waals surface area (Å²) >= 11 is -0.178. The molecule has 0 bridgehead atoms. The van der Waals surface area contributed by atoms with Crippen molar-refractivity contribution in [3.05, 3.63) is 53.5 Å². The van der Waals surface area contributed by atoms with Crippen molar-refractivity contribution in [2.75, 3.05) is 0 Å². The maximum absolute atomic E-state index is 12.4. The Balaban J connectivity index is 2.93. The van der Waals surface area contributed by atoms with Crippen LogP contribution in [0.4, 0.5) is 13.2 Å². The van der Waals surface area contributed by atoms with Gasteiger partial charge in [-0.25, -0.2) is 0 Å². The van der Waals surface area contributed by atoms with Crippen molar-refractivity contribution in [1.82, 2.24) is 0 Å². The van der Waals surface area contributed by atoms with Crippen molar-refractivity contribution in [2.45, 2.75) is 6.18 Å². The van der Waals surface area contributed by atoms with Gasteiger partial charge >= 0.3 is 92.3 Å². The topological polar surface area (TPSA) is 0 Å². The van der Waals surface area contributed by atoms with Crippen molar-refractivity contribution >= 4 is 19.4 Å². The molecule has 0 aromatic heterocycles.